The van der Waals surface area contributed by atoms with Gasteiger partial charge in [-0.05, 0) is 43.7 Å². The summed E-state index contributed by atoms with van der Waals surface area (Å²) in [6.45, 7) is 3.90. The Morgan fingerprint density at radius 3 is 2.86 bits per heavy atom. The van der Waals surface area contributed by atoms with Gasteiger partial charge in [0.2, 0.25) is 0 Å². The minimum absolute atomic E-state index is 0.181. The summed E-state index contributed by atoms with van der Waals surface area (Å²) in [5.41, 5.74) is 2.03. The van der Waals surface area contributed by atoms with E-state index < -0.39 is 0 Å². The van der Waals surface area contributed by atoms with Crippen LogP contribution in [0.1, 0.15) is 24.9 Å². The van der Waals surface area contributed by atoms with Crippen LogP contribution in [0.25, 0.3) is 0 Å². The Bertz CT molecular complexity index is 551. The summed E-state index contributed by atoms with van der Waals surface area (Å²) < 4.78 is 15.3. The van der Waals surface area contributed by atoms with E-state index in [1.807, 2.05) is 42.0 Å². The molecule has 0 aliphatic carbocycles. The van der Waals surface area contributed by atoms with Crippen LogP contribution in [0.5, 0.6) is 0 Å². The predicted octanol–water partition coefficient (Wildman–Crippen LogP) is 2.83. The van der Waals surface area contributed by atoms with E-state index >= 15 is 0 Å². The van der Waals surface area contributed by atoms with Crippen molar-refractivity contribution in [2.45, 2.75) is 25.9 Å². The van der Waals surface area contributed by atoms with Gasteiger partial charge >= 0.3 is 0 Å². The van der Waals surface area contributed by atoms with E-state index in [-0.39, 0.29) is 11.9 Å². The Balaban J connectivity index is 1.89. The van der Waals surface area contributed by atoms with Crippen molar-refractivity contribution in [1.29, 1.82) is 0 Å². The summed E-state index contributed by atoms with van der Waals surface area (Å²) in [5.74, 6) is -0.201. The number of hydrogen-bond acceptors (Lipinski definition) is 3. The number of aryl methyl sites for hydroxylation is 1. The maximum absolute atomic E-state index is 13.4. The van der Waals surface area contributed by atoms with Crippen LogP contribution in [0.3, 0.4) is 0 Å². The summed E-state index contributed by atoms with van der Waals surface area (Å²) in [7, 11) is 3.87. The molecule has 0 saturated heterocycles. The van der Waals surface area contributed by atoms with Crippen molar-refractivity contribution in [3.63, 3.8) is 0 Å². The van der Waals surface area contributed by atoms with Gasteiger partial charge < -0.3 is 10.2 Å². The van der Waals surface area contributed by atoms with Gasteiger partial charge in [-0.25, -0.2) is 4.39 Å². The number of halogens is 1. The smallest absolute Gasteiger partial charge is 0.125 e. The molecule has 1 heterocycles. The molecule has 0 aliphatic rings. The first-order valence-corrected chi connectivity index (χ1v) is 7.25. The zero-order valence-corrected chi connectivity index (χ0v) is 12.9. The van der Waals surface area contributed by atoms with Crippen molar-refractivity contribution in [3.8, 4) is 0 Å². The Kier molecular flexibility index (Phi) is 5.33. The zero-order chi connectivity index (χ0) is 15.2. The van der Waals surface area contributed by atoms with E-state index in [0.717, 1.165) is 30.8 Å². The largest absolute Gasteiger partial charge is 0.377 e. The molecule has 2 aromatic rings. The van der Waals surface area contributed by atoms with Crippen LogP contribution in [-0.2, 0) is 6.54 Å². The van der Waals surface area contributed by atoms with Crippen molar-refractivity contribution in [2.75, 3.05) is 25.5 Å². The quantitative estimate of drug-likeness (QED) is 0.796. The van der Waals surface area contributed by atoms with E-state index in [4.69, 9.17) is 0 Å². The predicted molar refractivity (Wildman–Crippen MR) is 84.0 cm³/mol. The summed E-state index contributed by atoms with van der Waals surface area (Å²) in [5, 5.41) is 7.66. The molecule has 0 bridgehead atoms. The van der Waals surface area contributed by atoms with Crippen molar-refractivity contribution in [1.82, 2.24) is 15.1 Å². The fraction of sp³-hybridized carbons (Fsp3) is 0.438. The van der Waals surface area contributed by atoms with Gasteiger partial charge in [0.05, 0.1) is 0 Å². The van der Waals surface area contributed by atoms with Gasteiger partial charge in [0.1, 0.15) is 5.82 Å². The van der Waals surface area contributed by atoms with Crippen LogP contribution >= 0.6 is 0 Å². The SMILES string of the molecule is C[C@H](NCCCn1cccn1)c1ccc(F)cc1N(C)C. The van der Waals surface area contributed by atoms with Gasteiger partial charge in [-0.2, -0.15) is 5.10 Å². The lowest BCUT2D eigenvalue weighted by molar-refractivity contribution is 0.506. The van der Waals surface area contributed by atoms with Crippen LogP contribution < -0.4 is 10.2 Å². The first-order chi connectivity index (χ1) is 10.1. The van der Waals surface area contributed by atoms with E-state index in [0.29, 0.717) is 0 Å². The van der Waals surface area contributed by atoms with Gasteiger partial charge in [-0.1, -0.05) is 6.07 Å². The lowest BCUT2D eigenvalue weighted by Crippen LogP contribution is -2.23. The third-order valence-corrected chi connectivity index (χ3v) is 3.51. The molecule has 0 spiro atoms. The van der Waals surface area contributed by atoms with Gasteiger partial charge in [-0.3, -0.25) is 4.68 Å². The van der Waals surface area contributed by atoms with E-state index in [1.54, 1.807) is 12.3 Å². The number of anilines is 1. The highest BCUT2D eigenvalue weighted by molar-refractivity contribution is 5.54. The third kappa shape index (κ3) is 4.29. The van der Waals surface area contributed by atoms with Crippen LogP contribution in [-0.4, -0.2) is 30.4 Å². The molecule has 0 unspecified atom stereocenters. The Hall–Kier alpha value is -1.88. The average molecular weight is 290 g/mol. The fourth-order valence-electron chi connectivity index (χ4n) is 2.37. The monoisotopic (exact) mass is 290 g/mol. The van der Waals surface area contributed by atoms with E-state index in [2.05, 4.69) is 17.3 Å². The van der Waals surface area contributed by atoms with E-state index in [1.165, 1.54) is 6.07 Å². The molecular formula is C16H23FN4. The molecule has 1 aromatic carbocycles. The molecule has 0 amide bonds. The Labute approximate surface area is 125 Å². The molecule has 1 aromatic heterocycles. The van der Waals surface area contributed by atoms with E-state index in [9.17, 15) is 4.39 Å². The van der Waals surface area contributed by atoms with Crippen LogP contribution in [0.15, 0.2) is 36.7 Å². The van der Waals surface area contributed by atoms with Crippen molar-refractivity contribution >= 4 is 5.69 Å². The molecular weight excluding hydrogens is 267 g/mol. The molecule has 0 radical (unpaired) electrons. The molecule has 0 saturated carbocycles. The summed E-state index contributed by atoms with van der Waals surface area (Å²) in [6.07, 6.45) is 4.76. The summed E-state index contributed by atoms with van der Waals surface area (Å²) in [6, 6.07) is 7.07. The highest BCUT2D eigenvalue weighted by Gasteiger charge is 2.12. The van der Waals surface area contributed by atoms with Crippen LogP contribution in [0, 0.1) is 5.82 Å². The van der Waals surface area contributed by atoms with Crippen LogP contribution in [0.2, 0.25) is 0 Å². The molecule has 1 atom stereocenters. The molecule has 1 N–H and O–H groups in total. The molecule has 114 valence electrons. The maximum atomic E-state index is 13.4. The Morgan fingerprint density at radius 2 is 2.19 bits per heavy atom. The van der Waals surface area contributed by atoms with Crippen LogP contribution in [0.4, 0.5) is 10.1 Å². The molecule has 21 heavy (non-hydrogen) atoms. The van der Waals surface area contributed by atoms with Gasteiger partial charge in [-0.15, -0.1) is 0 Å². The van der Waals surface area contributed by atoms with Crippen molar-refractivity contribution in [2.24, 2.45) is 0 Å². The molecule has 0 fully saturated rings. The number of hydrogen-bond donors (Lipinski definition) is 1. The fourth-order valence-corrected chi connectivity index (χ4v) is 2.37. The van der Waals surface area contributed by atoms with Gasteiger partial charge in [0.25, 0.3) is 0 Å². The standard InChI is InChI=1S/C16H23FN4/c1-13(18-8-4-10-21-11-5-9-19-21)15-7-6-14(17)12-16(15)20(2)3/h5-7,9,11-13,18H,4,8,10H2,1-3H3/t13-/m0/s1. The molecule has 4 nitrogen and oxygen atoms in total. The second-order valence-corrected chi connectivity index (χ2v) is 5.40. The minimum atomic E-state index is -0.201. The highest BCUT2D eigenvalue weighted by atomic mass is 19.1. The first-order valence-electron chi connectivity index (χ1n) is 7.25. The lowest BCUT2D eigenvalue weighted by Gasteiger charge is -2.22. The molecule has 0 aliphatic heterocycles. The molecule has 5 heteroatoms. The minimum Gasteiger partial charge on any atom is -0.377 e. The first kappa shape index (κ1) is 15.5. The third-order valence-electron chi connectivity index (χ3n) is 3.51. The topological polar surface area (TPSA) is 33.1 Å². The van der Waals surface area contributed by atoms with Gasteiger partial charge in [0.15, 0.2) is 0 Å². The highest BCUT2D eigenvalue weighted by Crippen LogP contribution is 2.25. The zero-order valence-electron chi connectivity index (χ0n) is 12.9. The molecule has 2 rings (SSSR count). The number of aromatic nitrogens is 2. The van der Waals surface area contributed by atoms with Crippen molar-refractivity contribution < 1.29 is 4.39 Å². The van der Waals surface area contributed by atoms with Gasteiger partial charge in [0, 0.05) is 44.8 Å². The lowest BCUT2D eigenvalue weighted by atomic mass is 10.1. The average Bonchev–Trinajstić information content (AvgIpc) is 2.96. The Morgan fingerprint density at radius 1 is 1.38 bits per heavy atom. The number of benzene rings is 1. The second kappa shape index (κ2) is 7.22. The number of nitrogens with one attached hydrogen (secondary N) is 1. The summed E-state index contributed by atoms with van der Waals surface area (Å²) in [4.78, 5) is 1.94. The van der Waals surface area contributed by atoms with Crippen molar-refractivity contribution in [3.05, 3.63) is 48.0 Å². The summed E-state index contributed by atoms with van der Waals surface area (Å²) >= 11 is 0. The maximum Gasteiger partial charge on any atom is 0.125 e. The number of nitrogens with zero attached hydrogens (tertiary/aromatic N) is 3. The normalized spacial score (nSPS) is 12.4. The second-order valence-electron chi connectivity index (χ2n) is 5.40. The number of rotatable bonds is 7.